The van der Waals surface area contributed by atoms with Crippen molar-refractivity contribution < 1.29 is 4.39 Å². The predicted octanol–water partition coefficient (Wildman–Crippen LogP) is 3.18. The van der Waals surface area contributed by atoms with Crippen LogP contribution in [0.1, 0.15) is 29.7 Å². The minimum atomic E-state index is -0.387. The van der Waals surface area contributed by atoms with Gasteiger partial charge in [0, 0.05) is 12.4 Å². The lowest BCUT2D eigenvalue weighted by molar-refractivity contribution is 0.525. The number of nitrogens with one attached hydrogen (secondary N) is 1. The molecule has 20 heavy (non-hydrogen) atoms. The van der Waals surface area contributed by atoms with E-state index in [4.69, 9.17) is 17.4 Å². The van der Waals surface area contributed by atoms with Gasteiger partial charge in [-0.2, -0.15) is 0 Å². The van der Waals surface area contributed by atoms with Gasteiger partial charge in [-0.15, -0.1) is 0 Å². The maximum Gasteiger partial charge on any atom is 0.145 e. The van der Waals surface area contributed by atoms with Crippen LogP contribution in [-0.2, 0) is 12.8 Å². The van der Waals surface area contributed by atoms with E-state index in [0.717, 1.165) is 17.5 Å². The van der Waals surface area contributed by atoms with Crippen molar-refractivity contribution >= 4 is 11.6 Å². The third kappa shape index (κ3) is 3.15. The summed E-state index contributed by atoms with van der Waals surface area (Å²) in [5, 5.41) is 0.128. The number of aromatic nitrogens is 1. The lowest BCUT2D eigenvalue weighted by Crippen LogP contribution is -2.30. The van der Waals surface area contributed by atoms with Gasteiger partial charge in [0.15, 0.2) is 0 Å². The normalized spacial score (nSPS) is 12.4. The van der Waals surface area contributed by atoms with Gasteiger partial charge in [0.2, 0.25) is 0 Å². The molecule has 0 saturated heterocycles. The summed E-state index contributed by atoms with van der Waals surface area (Å²) in [4.78, 5) is 4.11. The Balaban J connectivity index is 2.31. The third-order valence-corrected chi connectivity index (χ3v) is 3.65. The number of aryl methyl sites for hydroxylation is 1. The average Bonchev–Trinajstić information content (AvgIpc) is 2.49. The molecule has 0 spiro atoms. The number of nitrogens with zero attached hydrogens (tertiary/aromatic N) is 1. The van der Waals surface area contributed by atoms with Gasteiger partial charge in [-0.1, -0.05) is 30.7 Å². The molecule has 3 nitrogen and oxygen atoms in total. The number of rotatable bonds is 5. The zero-order valence-electron chi connectivity index (χ0n) is 11.2. The van der Waals surface area contributed by atoms with Crippen molar-refractivity contribution in [3.63, 3.8) is 0 Å². The second kappa shape index (κ2) is 6.79. The van der Waals surface area contributed by atoms with Crippen LogP contribution in [-0.4, -0.2) is 4.98 Å². The van der Waals surface area contributed by atoms with Crippen LogP contribution in [0.25, 0.3) is 0 Å². The van der Waals surface area contributed by atoms with E-state index in [1.165, 1.54) is 6.07 Å². The van der Waals surface area contributed by atoms with E-state index in [2.05, 4.69) is 10.4 Å². The number of halogens is 2. The van der Waals surface area contributed by atoms with Crippen LogP contribution in [0.3, 0.4) is 0 Å². The molecule has 2 aromatic rings. The lowest BCUT2D eigenvalue weighted by atomic mass is 9.95. The predicted molar refractivity (Wildman–Crippen MR) is 78.8 cm³/mol. The largest absolute Gasteiger partial charge is 0.271 e. The summed E-state index contributed by atoms with van der Waals surface area (Å²) in [5.74, 6) is 5.25. The maximum atomic E-state index is 14.0. The lowest BCUT2D eigenvalue weighted by Gasteiger charge is -2.19. The van der Waals surface area contributed by atoms with E-state index in [1.807, 2.05) is 19.2 Å². The Morgan fingerprint density at radius 1 is 1.35 bits per heavy atom. The Bertz CT molecular complexity index is 589. The maximum absolute atomic E-state index is 14.0. The molecule has 1 aromatic carbocycles. The topological polar surface area (TPSA) is 50.9 Å². The van der Waals surface area contributed by atoms with Gasteiger partial charge in [0.25, 0.3) is 0 Å². The Morgan fingerprint density at radius 2 is 2.15 bits per heavy atom. The Labute approximate surface area is 122 Å². The smallest absolute Gasteiger partial charge is 0.145 e. The highest BCUT2D eigenvalue weighted by atomic mass is 35.5. The average molecular weight is 294 g/mol. The molecule has 0 bridgehead atoms. The van der Waals surface area contributed by atoms with Crippen molar-refractivity contribution in [2.24, 2.45) is 5.84 Å². The first-order valence-electron chi connectivity index (χ1n) is 6.49. The van der Waals surface area contributed by atoms with E-state index in [0.29, 0.717) is 12.0 Å². The van der Waals surface area contributed by atoms with Gasteiger partial charge in [-0.05, 0) is 41.7 Å². The van der Waals surface area contributed by atoms with E-state index >= 15 is 0 Å². The van der Waals surface area contributed by atoms with Crippen LogP contribution in [0.4, 0.5) is 4.39 Å². The summed E-state index contributed by atoms with van der Waals surface area (Å²) in [7, 11) is 0. The van der Waals surface area contributed by atoms with Crippen molar-refractivity contribution in [1.82, 2.24) is 10.4 Å². The molecule has 0 saturated carbocycles. The van der Waals surface area contributed by atoms with Gasteiger partial charge in [-0.25, -0.2) is 4.39 Å². The Hall–Kier alpha value is -1.49. The number of nitrogens with two attached hydrogens (primary N) is 1. The summed E-state index contributed by atoms with van der Waals surface area (Å²) < 4.78 is 14.0. The van der Waals surface area contributed by atoms with Crippen LogP contribution < -0.4 is 11.3 Å². The molecule has 0 amide bonds. The van der Waals surface area contributed by atoms with Gasteiger partial charge < -0.3 is 0 Å². The van der Waals surface area contributed by atoms with Crippen LogP contribution in [0, 0.1) is 5.82 Å². The molecule has 1 aromatic heterocycles. The molecule has 5 heteroatoms. The molecule has 1 atom stereocenters. The molecule has 0 aliphatic rings. The third-order valence-electron chi connectivity index (χ3n) is 3.35. The fraction of sp³-hybridized carbons (Fsp3) is 0.267. The van der Waals surface area contributed by atoms with Crippen LogP contribution in [0.5, 0.6) is 0 Å². The molecule has 106 valence electrons. The van der Waals surface area contributed by atoms with E-state index in [1.54, 1.807) is 18.3 Å². The fourth-order valence-corrected chi connectivity index (χ4v) is 2.45. The summed E-state index contributed by atoms with van der Waals surface area (Å²) >= 11 is 5.81. The zero-order chi connectivity index (χ0) is 14.5. The van der Waals surface area contributed by atoms with Gasteiger partial charge in [0.1, 0.15) is 5.82 Å². The number of hydrazine groups is 1. The summed E-state index contributed by atoms with van der Waals surface area (Å²) in [6, 6.07) is 6.72. The van der Waals surface area contributed by atoms with Crippen molar-refractivity contribution in [2.75, 3.05) is 0 Å². The molecule has 2 rings (SSSR count). The van der Waals surface area contributed by atoms with Crippen molar-refractivity contribution in [3.8, 4) is 0 Å². The first kappa shape index (κ1) is 14.9. The monoisotopic (exact) mass is 293 g/mol. The summed E-state index contributed by atoms with van der Waals surface area (Å²) in [6.07, 6.45) is 4.81. The molecular weight excluding hydrogens is 277 g/mol. The number of hydrogen-bond acceptors (Lipinski definition) is 3. The highest BCUT2D eigenvalue weighted by Crippen LogP contribution is 2.25. The standard InChI is InChI=1S/C15H17ClFN3/c1-2-10-9-19-7-6-12(10)14(20-18)8-11-4-3-5-13(16)15(11)17/h3-7,9,14,20H,2,8,18H2,1H3. The minimum Gasteiger partial charge on any atom is -0.271 e. The van der Waals surface area contributed by atoms with E-state index in [-0.39, 0.29) is 16.9 Å². The molecule has 0 aliphatic carbocycles. The van der Waals surface area contributed by atoms with Crippen LogP contribution in [0.15, 0.2) is 36.7 Å². The van der Waals surface area contributed by atoms with Gasteiger partial charge >= 0.3 is 0 Å². The van der Waals surface area contributed by atoms with Crippen LogP contribution >= 0.6 is 11.6 Å². The van der Waals surface area contributed by atoms with E-state index in [9.17, 15) is 4.39 Å². The van der Waals surface area contributed by atoms with Gasteiger partial charge in [-0.3, -0.25) is 16.3 Å². The van der Waals surface area contributed by atoms with Gasteiger partial charge in [0.05, 0.1) is 11.1 Å². The molecular formula is C15H17ClFN3. The molecule has 0 aliphatic heterocycles. The molecule has 0 radical (unpaired) electrons. The Morgan fingerprint density at radius 3 is 2.85 bits per heavy atom. The van der Waals surface area contributed by atoms with Crippen molar-refractivity contribution in [1.29, 1.82) is 0 Å². The molecule has 1 unspecified atom stereocenters. The number of hydrogen-bond donors (Lipinski definition) is 2. The minimum absolute atomic E-state index is 0.128. The SMILES string of the molecule is CCc1cnccc1C(Cc1cccc(Cl)c1F)NN. The quantitative estimate of drug-likeness (QED) is 0.657. The second-order valence-electron chi connectivity index (χ2n) is 4.56. The van der Waals surface area contributed by atoms with E-state index < -0.39 is 0 Å². The molecule has 1 heterocycles. The molecule has 3 N–H and O–H groups in total. The first-order valence-corrected chi connectivity index (χ1v) is 6.87. The number of benzene rings is 1. The molecule has 0 fully saturated rings. The fourth-order valence-electron chi connectivity index (χ4n) is 2.26. The summed E-state index contributed by atoms with van der Waals surface area (Å²) in [5.41, 5.74) is 5.42. The van der Waals surface area contributed by atoms with Crippen molar-refractivity contribution in [3.05, 3.63) is 64.2 Å². The zero-order valence-corrected chi connectivity index (χ0v) is 12.0. The summed E-state index contributed by atoms with van der Waals surface area (Å²) in [6.45, 7) is 2.05. The van der Waals surface area contributed by atoms with Crippen molar-refractivity contribution in [2.45, 2.75) is 25.8 Å². The number of pyridine rings is 1. The highest BCUT2D eigenvalue weighted by molar-refractivity contribution is 6.30. The highest BCUT2D eigenvalue weighted by Gasteiger charge is 2.17. The Kier molecular flexibility index (Phi) is 5.06. The van der Waals surface area contributed by atoms with Crippen LogP contribution in [0.2, 0.25) is 5.02 Å². The first-order chi connectivity index (χ1) is 9.67. The second-order valence-corrected chi connectivity index (χ2v) is 4.97.